The van der Waals surface area contributed by atoms with Crippen LogP contribution in [0.2, 0.25) is 0 Å². The molecule has 6 N–H and O–H groups in total. The van der Waals surface area contributed by atoms with Gasteiger partial charge in [0.1, 0.15) is 0 Å². The number of hydrogen-bond acceptors (Lipinski definition) is 3. The summed E-state index contributed by atoms with van der Waals surface area (Å²) in [5.74, 6) is 0. The fourth-order valence-electron chi connectivity index (χ4n) is 0. The van der Waals surface area contributed by atoms with Crippen LogP contribution < -0.4 is 0 Å². The average molecular weight is 343 g/mol. The van der Waals surface area contributed by atoms with Crippen molar-refractivity contribution in [1.29, 1.82) is 0 Å². The number of carboxylic acid groups (broad SMARTS) is 6. The van der Waals surface area contributed by atoms with Gasteiger partial charge in [-0.1, -0.05) is 0 Å². The summed E-state index contributed by atoms with van der Waals surface area (Å²) in [6.45, 7) is 0. The van der Waals surface area contributed by atoms with Gasteiger partial charge in [-0.2, -0.15) is 0 Å². The van der Waals surface area contributed by atoms with Crippen LogP contribution in [-0.4, -0.2) is 49.1 Å². The van der Waals surface area contributed by atoms with E-state index < -0.39 is 18.5 Å². The third-order valence-corrected chi connectivity index (χ3v) is 0. The summed E-state index contributed by atoms with van der Waals surface area (Å²) in [5, 5.41) is 41.8. The molecule has 0 fully saturated rings. The Balaban J connectivity index is -0.0000000450. The Kier molecular flexibility index (Phi) is 30.2. The van der Waals surface area contributed by atoms with E-state index in [1.54, 1.807) is 0 Å². The van der Waals surface area contributed by atoms with Gasteiger partial charge >= 0.3 is 18.5 Å². The van der Waals surface area contributed by atoms with Crippen molar-refractivity contribution in [2.24, 2.45) is 0 Å². The Hall–Kier alpha value is -0.865. The van der Waals surface area contributed by atoms with Gasteiger partial charge in [-0.25, -0.2) is 14.4 Å². The van der Waals surface area contributed by atoms with E-state index in [9.17, 15) is 0 Å². The van der Waals surface area contributed by atoms with Gasteiger partial charge in [0.2, 0.25) is 0 Å². The van der Waals surface area contributed by atoms with Crippen molar-refractivity contribution in [3.8, 4) is 0 Å². The van der Waals surface area contributed by atoms with E-state index in [1.807, 2.05) is 0 Å². The topological polar surface area (TPSA) is 173 Å². The molecule has 0 amide bonds. The second kappa shape index (κ2) is 17.3. The zero-order valence-corrected chi connectivity index (χ0v) is 8.03. The molecular formula is C3H6GdO9. The predicted octanol–water partition coefficient (Wildman–Crippen LogP) is 0.667. The van der Waals surface area contributed by atoms with Gasteiger partial charge in [0.25, 0.3) is 0 Å². The third-order valence-electron chi connectivity index (χ3n) is 0. The van der Waals surface area contributed by atoms with E-state index >= 15 is 0 Å². The Morgan fingerprint density at radius 1 is 0.538 bits per heavy atom. The van der Waals surface area contributed by atoms with Gasteiger partial charge in [-0.15, -0.1) is 0 Å². The molecule has 0 saturated heterocycles. The van der Waals surface area contributed by atoms with Gasteiger partial charge in [0.05, 0.1) is 0 Å². The summed E-state index contributed by atoms with van der Waals surface area (Å²) in [6, 6.07) is 0. The second-order valence-corrected chi connectivity index (χ2v) is 0.848. The van der Waals surface area contributed by atoms with Crippen molar-refractivity contribution >= 4 is 18.5 Å². The van der Waals surface area contributed by atoms with Crippen LogP contribution in [0.3, 0.4) is 0 Å². The molecule has 0 unspecified atom stereocenters. The maximum atomic E-state index is 8.56. The van der Waals surface area contributed by atoms with E-state index in [2.05, 4.69) is 0 Å². The minimum Gasteiger partial charge on any atom is -0.450 e. The van der Waals surface area contributed by atoms with Crippen molar-refractivity contribution in [1.82, 2.24) is 0 Å². The van der Waals surface area contributed by atoms with Gasteiger partial charge in [0, 0.05) is 39.9 Å². The molecule has 9 nitrogen and oxygen atoms in total. The maximum Gasteiger partial charge on any atom is 0.503 e. The molecule has 0 aliphatic rings. The quantitative estimate of drug-likeness (QED) is 0.369. The largest absolute Gasteiger partial charge is 0.503 e. The zero-order chi connectivity index (χ0) is 10.7. The molecule has 0 bridgehead atoms. The van der Waals surface area contributed by atoms with Gasteiger partial charge in [-0.05, 0) is 0 Å². The van der Waals surface area contributed by atoms with E-state index in [0.717, 1.165) is 0 Å². The van der Waals surface area contributed by atoms with Crippen LogP contribution in [0.1, 0.15) is 0 Å². The normalized spacial score (nSPS) is 5.54. The predicted molar refractivity (Wildman–Crippen MR) is 32.0 cm³/mol. The minimum atomic E-state index is -1.83. The Morgan fingerprint density at radius 3 is 0.538 bits per heavy atom. The molecular weight excluding hydrogens is 337 g/mol. The summed E-state index contributed by atoms with van der Waals surface area (Å²) < 4.78 is 0. The Morgan fingerprint density at radius 2 is 0.538 bits per heavy atom. The summed E-state index contributed by atoms with van der Waals surface area (Å²) in [7, 11) is 0. The van der Waals surface area contributed by atoms with Crippen molar-refractivity contribution in [2.75, 3.05) is 0 Å². The monoisotopic (exact) mass is 344 g/mol. The first kappa shape index (κ1) is 22.7. The van der Waals surface area contributed by atoms with Crippen LogP contribution in [-0.2, 0) is 0 Å². The van der Waals surface area contributed by atoms with Gasteiger partial charge < -0.3 is 30.6 Å². The molecule has 0 radical (unpaired) electrons. The molecule has 80 valence electrons. The van der Waals surface area contributed by atoms with Crippen LogP contribution in [0.15, 0.2) is 0 Å². The van der Waals surface area contributed by atoms with Crippen LogP contribution >= 0.6 is 0 Å². The standard InChI is InChI=1S/3CH2O3.Gd/c3*2-1(3)4;/h3*(H2,2,3,4);. The molecule has 10 heteroatoms. The van der Waals surface area contributed by atoms with Gasteiger partial charge in [-0.3, -0.25) is 0 Å². The first-order valence-electron chi connectivity index (χ1n) is 1.95. The fraction of sp³-hybridized carbons (Fsp3) is 0. The molecule has 0 aliphatic heterocycles. The third kappa shape index (κ3) is 1240. The molecule has 13 heavy (non-hydrogen) atoms. The van der Waals surface area contributed by atoms with Crippen molar-refractivity contribution < 1.29 is 85.0 Å². The molecule has 0 aromatic rings. The van der Waals surface area contributed by atoms with Crippen LogP contribution in [0.5, 0.6) is 0 Å². The smallest absolute Gasteiger partial charge is 0.450 e. The zero-order valence-electron chi connectivity index (χ0n) is 5.76. The number of hydrogen-bond donors (Lipinski definition) is 6. The maximum absolute atomic E-state index is 8.56. The van der Waals surface area contributed by atoms with Crippen molar-refractivity contribution in [3.63, 3.8) is 0 Å². The van der Waals surface area contributed by atoms with Crippen LogP contribution in [0.25, 0.3) is 0 Å². The second-order valence-electron chi connectivity index (χ2n) is 0.848. The van der Waals surface area contributed by atoms with Crippen LogP contribution in [0, 0.1) is 39.9 Å². The molecule has 0 atom stereocenters. The van der Waals surface area contributed by atoms with Gasteiger partial charge in [0.15, 0.2) is 0 Å². The molecule has 0 rings (SSSR count). The Labute approximate surface area is 103 Å². The number of carbonyl (C=O) groups is 3. The molecule has 0 aromatic carbocycles. The molecule has 0 saturated carbocycles. The van der Waals surface area contributed by atoms with Crippen molar-refractivity contribution in [3.05, 3.63) is 0 Å². The molecule has 0 aliphatic carbocycles. The summed E-state index contributed by atoms with van der Waals surface area (Å²) >= 11 is 0. The average Bonchev–Trinajstić information content (AvgIpc) is 1.54. The first-order chi connectivity index (χ1) is 5.20. The fourth-order valence-corrected chi connectivity index (χ4v) is 0. The van der Waals surface area contributed by atoms with Crippen LogP contribution in [0.4, 0.5) is 14.4 Å². The molecule has 0 aromatic heterocycles. The first-order valence-corrected chi connectivity index (χ1v) is 1.95. The Bertz CT molecular complexity index is 112. The summed E-state index contributed by atoms with van der Waals surface area (Å²) in [4.78, 5) is 25.7. The molecule has 0 heterocycles. The van der Waals surface area contributed by atoms with Crippen molar-refractivity contribution in [2.45, 2.75) is 0 Å². The van der Waals surface area contributed by atoms with E-state index in [-0.39, 0.29) is 39.9 Å². The van der Waals surface area contributed by atoms with E-state index in [0.29, 0.717) is 0 Å². The SMILES string of the molecule is O=C(O)O.O=C(O)O.O=C(O)O.[Gd]. The summed E-state index contributed by atoms with van der Waals surface area (Å²) in [6.07, 6.45) is -5.50. The molecule has 0 spiro atoms. The summed E-state index contributed by atoms with van der Waals surface area (Å²) in [5.41, 5.74) is 0. The van der Waals surface area contributed by atoms with E-state index in [1.165, 1.54) is 0 Å². The minimum absolute atomic E-state index is 0. The van der Waals surface area contributed by atoms with E-state index in [4.69, 9.17) is 45.0 Å². The number of rotatable bonds is 0.